The summed E-state index contributed by atoms with van der Waals surface area (Å²) in [5.41, 5.74) is 0.891. The van der Waals surface area contributed by atoms with Crippen molar-refractivity contribution in [1.29, 1.82) is 0 Å². The molecule has 0 unspecified atom stereocenters. The van der Waals surface area contributed by atoms with E-state index in [1.165, 1.54) is 0 Å². The molecule has 0 aliphatic carbocycles. The molecule has 0 radical (unpaired) electrons. The molecule has 5 nitrogen and oxygen atoms in total. The molecule has 0 amide bonds. The first-order valence-corrected chi connectivity index (χ1v) is 5.01. The van der Waals surface area contributed by atoms with Crippen LogP contribution in [0.5, 0.6) is 5.88 Å². The van der Waals surface area contributed by atoms with E-state index in [1.54, 1.807) is 7.11 Å². The lowest BCUT2D eigenvalue weighted by molar-refractivity contribution is 0.0489. The standard InChI is InChI=1S/C10H15N3O2/c1-7-5-15-6-9(11-7)8-3-4-10(14-2)13-12-8/h3-4,7,9,11H,5-6H2,1-2H3/t7-,9-/m1/s1. The fourth-order valence-electron chi connectivity index (χ4n) is 1.60. The minimum atomic E-state index is 0.132. The summed E-state index contributed by atoms with van der Waals surface area (Å²) in [7, 11) is 1.58. The lowest BCUT2D eigenvalue weighted by Crippen LogP contribution is -2.42. The average molecular weight is 209 g/mol. The number of morpholine rings is 1. The number of hydrogen-bond donors (Lipinski definition) is 1. The third-order valence-electron chi connectivity index (χ3n) is 2.36. The molecule has 2 atom stereocenters. The van der Waals surface area contributed by atoms with E-state index in [1.807, 2.05) is 12.1 Å². The molecule has 0 spiro atoms. The number of methoxy groups -OCH3 is 1. The lowest BCUT2D eigenvalue weighted by Gasteiger charge is -2.28. The molecular weight excluding hydrogens is 194 g/mol. The highest BCUT2D eigenvalue weighted by Gasteiger charge is 2.21. The summed E-state index contributed by atoms with van der Waals surface area (Å²) in [4.78, 5) is 0. The Morgan fingerprint density at radius 3 is 2.87 bits per heavy atom. The molecule has 0 saturated carbocycles. The van der Waals surface area contributed by atoms with Gasteiger partial charge in [0.2, 0.25) is 5.88 Å². The molecule has 1 aliphatic rings. The Morgan fingerprint density at radius 1 is 1.40 bits per heavy atom. The van der Waals surface area contributed by atoms with Crippen LogP contribution in [-0.4, -0.2) is 36.6 Å². The van der Waals surface area contributed by atoms with Crippen LogP contribution in [0, 0.1) is 0 Å². The highest BCUT2D eigenvalue weighted by molar-refractivity contribution is 5.14. The molecule has 1 N–H and O–H groups in total. The van der Waals surface area contributed by atoms with Crippen LogP contribution in [0.3, 0.4) is 0 Å². The number of nitrogens with one attached hydrogen (secondary N) is 1. The van der Waals surface area contributed by atoms with Crippen molar-refractivity contribution in [3.05, 3.63) is 17.8 Å². The average Bonchev–Trinajstić information content (AvgIpc) is 2.29. The zero-order chi connectivity index (χ0) is 10.7. The summed E-state index contributed by atoms with van der Waals surface area (Å²) in [5.74, 6) is 0.531. The van der Waals surface area contributed by atoms with Crippen LogP contribution in [0.2, 0.25) is 0 Å². The molecule has 15 heavy (non-hydrogen) atoms. The minimum Gasteiger partial charge on any atom is -0.480 e. The van der Waals surface area contributed by atoms with Crippen molar-refractivity contribution in [3.63, 3.8) is 0 Å². The van der Waals surface area contributed by atoms with Crippen molar-refractivity contribution < 1.29 is 9.47 Å². The summed E-state index contributed by atoms with van der Waals surface area (Å²) < 4.78 is 10.4. The van der Waals surface area contributed by atoms with Crippen molar-refractivity contribution >= 4 is 0 Å². The van der Waals surface area contributed by atoms with Crippen LogP contribution in [0.4, 0.5) is 0 Å². The van der Waals surface area contributed by atoms with Crippen molar-refractivity contribution in [2.75, 3.05) is 20.3 Å². The summed E-state index contributed by atoms with van der Waals surface area (Å²) in [5, 5.41) is 11.4. The summed E-state index contributed by atoms with van der Waals surface area (Å²) in [6, 6.07) is 4.20. The Morgan fingerprint density at radius 2 is 2.27 bits per heavy atom. The molecule has 2 heterocycles. The van der Waals surface area contributed by atoms with Gasteiger partial charge in [0.1, 0.15) is 0 Å². The van der Waals surface area contributed by atoms with Crippen LogP contribution < -0.4 is 10.1 Å². The van der Waals surface area contributed by atoms with Gasteiger partial charge in [0.15, 0.2) is 0 Å². The first kappa shape index (κ1) is 10.3. The lowest BCUT2D eigenvalue weighted by atomic mass is 10.1. The Labute approximate surface area is 88.8 Å². The zero-order valence-corrected chi connectivity index (χ0v) is 8.93. The SMILES string of the molecule is COc1ccc([C@H]2COC[C@@H](C)N2)nn1. The van der Waals surface area contributed by atoms with Crippen LogP contribution in [-0.2, 0) is 4.74 Å². The van der Waals surface area contributed by atoms with Crippen molar-refractivity contribution in [3.8, 4) is 5.88 Å². The fourth-order valence-corrected chi connectivity index (χ4v) is 1.60. The van der Waals surface area contributed by atoms with Crippen LogP contribution in [0.15, 0.2) is 12.1 Å². The Bertz CT molecular complexity index is 315. The first-order chi connectivity index (χ1) is 7.29. The van der Waals surface area contributed by atoms with E-state index >= 15 is 0 Å². The Hall–Kier alpha value is -1.20. The zero-order valence-electron chi connectivity index (χ0n) is 8.93. The van der Waals surface area contributed by atoms with Gasteiger partial charge < -0.3 is 14.8 Å². The predicted octanol–water partition coefficient (Wildman–Crippen LogP) is 0.535. The quantitative estimate of drug-likeness (QED) is 0.770. The van der Waals surface area contributed by atoms with E-state index < -0.39 is 0 Å². The molecule has 82 valence electrons. The monoisotopic (exact) mass is 209 g/mol. The van der Waals surface area contributed by atoms with Gasteiger partial charge in [-0.3, -0.25) is 0 Å². The topological polar surface area (TPSA) is 56.3 Å². The number of hydrogen-bond acceptors (Lipinski definition) is 5. The second-order valence-corrected chi connectivity index (χ2v) is 3.66. The van der Waals surface area contributed by atoms with E-state index in [2.05, 4.69) is 22.4 Å². The highest BCUT2D eigenvalue weighted by Crippen LogP contribution is 2.16. The van der Waals surface area contributed by atoms with E-state index in [9.17, 15) is 0 Å². The highest BCUT2D eigenvalue weighted by atomic mass is 16.5. The van der Waals surface area contributed by atoms with Crippen LogP contribution >= 0.6 is 0 Å². The molecule has 1 saturated heterocycles. The van der Waals surface area contributed by atoms with Gasteiger partial charge in [-0.25, -0.2) is 0 Å². The molecule has 1 aromatic rings. The van der Waals surface area contributed by atoms with Gasteiger partial charge >= 0.3 is 0 Å². The maximum absolute atomic E-state index is 5.44. The van der Waals surface area contributed by atoms with Gasteiger partial charge in [-0.15, -0.1) is 5.10 Å². The van der Waals surface area contributed by atoms with Gasteiger partial charge in [-0.2, -0.15) is 5.10 Å². The molecule has 1 fully saturated rings. The number of nitrogens with zero attached hydrogens (tertiary/aromatic N) is 2. The molecule has 1 aromatic heterocycles. The number of ether oxygens (including phenoxy) is 2. The van der Waals surface area contributed by atoms with Gasteiger partial charge in [0.05, 0.1) is 32.1 Å². The molecule has 1 aliphatic heterocycles. The van der Waals surface area contributed by atoms with Crippen LogP contribution in [0.25, 0.3) is 0 Å². The van der Waals surface area contributed by atoms with Gasteiger partial charge in [0.25, 0.3) is 0 Å². The van der Waals surface area contributed by atoms with E-state index in [0.717, 1.165) is 12.3 Å². The molecule has 2 rings (SSSR count). The molecular formula is C10H15N3O2. The first-order valence-electron chi connectivity index (χ1n) is 5.01. The minimum absolute atomic E-state index is 0.132. The number of rotatable bonds is 2. The van der Waals surface area contributed by atoms with Gasteiger partial charge in [-0.05, 0) is 13.0 Å². The van der Waals surface area contributed by atoms with Crippen molar-refractivity contribution in [2.45, 2.75) is 19.0 Å². The smallest absolute Gasteiger partial charge is 0.233 e. The van der Waals surface area contributed by atoms with Crippen molar-refractivity contribution in [2.24, 2.45) is 0 Å². The van der Waals surface area contributed by atoms with Gasteiger partial charge in [-0.1, -0.05) is 0 Å². The summed E-state index contributed by atoms with van der Waals surface area (Å²) in [6.07, 6.45) is 0. The van der Waals surface area contributed by atoms with Crippen LogP contribution in [0.1, 0.15) is 18.7 Å². The maximum Gasteiger partial charge on any atom is 0.233 e. The fraction of sp³-hybridized carbons (Fsp3) is 0.600. The third-order valence-corrected chi connectivity index (χ3v) is 2.36. The third kappa shape index (κ3) is 2.43. The largest absolute Gasteiger partial charge is 0.480 e. The maximum atomic E-state index is 5.44. The summed E-state index contributed by atoms with van der Waals surface area (Å²) in [6.45, 7) is 3.48. The molecule has 5 heteroatoms. The van der Waals surface area contributed by atoms with Gasteiger partial charge in [0, 0.05) is 12.1 Å². The predicted molar refractivity (Wildman–Crippen MR) is 54.7 cm³/mol. The van der Waals surface area contributed by atoms with E-state index in [4.69, 9.17) is 9.47 Å². The second kappa shape index (κ2) is 4.55. The number of aromatic nitrogens is 2. The molecule has 0 bridgehead atoms. The second-order valence-electron chi connectivity index (χ2n) is 3.66. The Kier molecular flexibility index (Phi) is 3.13. The molecule has 0 aromatic carbocycles. The van der Waals surface area contributed by atoms with E-state index in [-0.39, 0.29) is 6.04 Å². The summed E-state index contributed by atoms with van der Waals surface area (Å²) >= 11 is 0. The Balaban J connectivity index is 2.07. The van der Waals surface area contributed by atoms with Crippen molar-refractivity contribution in [1.82, 2.24) is 15.5 Å². The van der Waals surface area contributed by atoms with E-state index in [0.29, 0.717) is 18.5 Å². The normalized spacial score (nSPS) is 26.3.